The van der Waals surface area contributed by atoms with E-state index in [-0.39, 0.29) is 5.76 Å². The summed E-state index contributed by atoms with van der Waals surface area (Å²) in [6.45, 7) is 7.33. The highest BCUT2D eigenvalue weighted by Crippen LogP contribution is 2.18. The van der Waals surface area contributed by atoms with Gasteiger partial charge in [0.15, 0.2) is 5.76 Å². The first kappa shape index (κ1) is 14.0. The molecule has 3 N–H and O–H groups in total. The highest BCUT2D eigenvalue weighted by molar-refractivity contribution is 5.91. The van der Waals surface area contributed by atoms with Gasteiger partial charge in [-0.15, -0.1) is 0 Å². The van der Waals surface area contributed by atoms with Gasteiger partial charge in [-0.3, -0.25) is 15.1 Å². The van der Waals surface area contributed by atoms with Crippen LogP contribution in [0.5, 0.6) is 0 Å². The van der Waals surface area contributed by atoms with Crippen molar-refractivity contribution in [3.63, 3.8) is 0 Å². The van der Waals surface area contributed by atoms with E-state index in [1.54, 1.807) is 6.07 Å². The third-order valence-electron chi connectivity index (χ3n) is 3.45. The van der Waals surface area contributed by atoms with Crippen molar-refractivity contribution in [2.24, 2.45) is 5.84 Å². The van der Waals surface area contributed by atoms with Crippen LogP contribution in [0.1, 0.15) is 35.2 Å². The Hall–Kier alpha value is -1.37. The fraction of sp³-hybridized carbons (Fsp3) is 0.615. The maximum atomic E-state index is 11.4. The van der Waals surface area contributed by atoms with Crippen LogP contribution in [0.2, 0.25) is 0 Å². The molecular formula is C13H21N3O3. The number of nitrogens with two attached hydrogens (primary N) is 1. The second-order valence-electron chi connectivity index (χ2n) is 4.80. The van der Waals surface area contributed by atoms with E-state index in [0.29, 0.717) is 6.10 Å². The summed E-state index contributed by atoms with van der Waals surface area (Å²) >= 11 is 0. The van der Waals surface area contributed by atoms with Gasteiger partial charge in [-0.25, -0.2) is 5.84 Å². The number of carbonyl (C=O) groups is 1. The smallest absolute Gasteiger partial charge is 0.300 e. The van der Waals surface area contributed by atoms with E-state index < -0.39 is 5.91 Å². The number of furan rings is 1. The van der Waals surface area contributed by atoms with Gasteiger partial charge in [-0.05, 0) is 19.4 Å². The number of hydrazine groups is 1. The molecule has 0 aliphatic carbocycles. The number of carbonyl (C=O) groups excluding carboxylic acids is 1. The summed E-state index contributed by atoms with van der Waals surface area (Å²) < 4.78 is 11.1. The van der Waals surface area contributed by atoms with Gasteiger partial charge < -0.3 is 9.15 Å². The van der Waals surface area contributed by atoms with Crippen LogP contribution in [0.4, 0.5) is 0 Å². The summed E-state index contributed by atoms with van der Waals surface area (Å²) in [7, 11) is 0. The fourth-order valence-corrected chi connectivity index (χ4v) is 2.27. The molecule has 1 fully saturated rings. The molecule has 0 spiro atoms. The third kappa shape index (κ3) is 3.34. The predicted molar refractivity (Wildman–Crippen MR) is 70.4 cm³/mol. The zero-order chi connectivity index (χ0) is 13.8. The van der Waals surface area contributed by atoms with Crippen molar-refractivity contribution in [2.45, 2.75) is 32.9 Å². The minimum Gasteiger partial charge on any atom is -0.456 e. The lowest BCUT2D eigenvalue weighted by atomic mass is 10.2. The minimum atomic E-state index is -0.400. The summed E-state index contributed by atoms with van der Waals surface area (Å²) in [5.74, 6) is 5.72. The molecule has 0 aromatic carbocycles. The van der Waals surface area contributed by atoms with Crippen molar-refractivity contribution in [2.75, 3.05) is 19.7 Å². The van der Waals surface area contributed by atoms with Crippen molar-refractivity contribution >= 4 is 5.91 Å². The van der Waals surface area contributed by atoms with Gasteiger partial charge in [-0.2, -0.15) is 0 Å². The molecule has 6 nitrogen and oxygen atoms in total. The highest BCUT2D eigenvalue weighted by atomic mass is 16.5. The van der Waals surface area contributed by atoms with Gasteiger partial charge in [0.2, 0.25) is 0 Å². The normalized spacial score (nSPS) is 20.5. The van der Waals surface area contributed by atoms with Crippen molar-refractivity contribution in [3.8, 4) is 0 Å². The van der Waals surface area contributed by atoms with Crippen molar-refractivity contribution in [1.82, 2.24) is 10.3 Å². The summed E-state index contributed by atoms with van der Waals surface area (Å²) in [5.41, 5.74) is 3.10. The molecule has 106 valence electrons. The van der Waals surface area contributed by atoms with Crippen molar-refractivity contribution in [3.05, 3.63) is 23.2 Å². The molecule has 1 unspecified atom stereocenters. The van der Waals surface area contributed by atoms with Crippen LogP contribution in [-0.4, -0.2) is 36.6 Å². The summed E-state index contributed by atoms with van der Waals surface area (Å²) in [6, 6.07) is 1.76. The number of nitrogens with one attached hydrogen (secondary N) is 1. The molecule has 1 aromatic heterocycles. The highest BCUT2D eigenvalue weighted by Gasteiger charge is 2.21. The first-order valence-corrected chi connectivity index (χ1v) is 6.58. The monoisotopic (exact) mass is 267 g/mol. The number of hydrogen-bond acceptors (Lipinski definition) is 5. The second kappa shape index (κ2) is 6.18. The molecule has 1 saturated heterocycles. The Morgan fingerprint density at radius 3 is 3.11 bits per heavy atom. The van der Waals surface area contributed by atoms with Crippen molar-refractivity contribution < 1.29 is 13.9 Å². The number of nitrogens with zero attached hydrogens (tertiary/aromatic N) is 1. The standard InChI is InChI=1S/C13H21N3O3/c1-3-11-8-16(4-5-18-11)7-10-6-12(13(17)15-14)19-9(10)2/h6,11H,3-5,7-8,14H2,1-2H3,(H,15,17). The van der Waals surface area contributed by atoms with Crippen LogP contribution in [0, 0.1) is 6.92 Å². The van der Waals surface area contributed by atoms with Crippen molar-refractivity contribution in [1.29, 1.82) is 0 Å². The molecule has 1 amide bonds. The van der Waals surface area contributed by atoms with Crippen LogP contribution < -0.4 is 11.3 Å². The third-order valence-corrected chi connectivity index (χ3v) is 3.45. The fourth-order valence-electron chi connectivity index (χ4n) is 2.27. The molecule has 1 aromatic rings. The van der Waals surface area contributed by atoms with Gasteiger partial charge in [0.1, 0.15) is 5.76 Å². The Labute approximate surface area is 112 Å². The SMILES string of the molecule is CCC1CN(Cc2cc(C(=O)NN)oc2C)CCO1. The Kier molecular flexibility index (Phi) is 4.57. The van der Waals surface area contributed by atoms with E-state index in [1.807, 2.05) is 6.92 Å². The molecule has 1 atom stereocenters. The lowest BCUT2D eigenvalue weighted by Gasteiger charge is -2.32. The van der Waals surface area contributed by atoms with Gasteiger partial charge in [0.05, 0.1) is 12.7 Å². The number of aryl methyl sites for hydroxylation is 1. The zero-order valence-electron chi connectivity index (χ0n) is 11.4. The first-order valence-electron chi connectivity index (χ1n) is 6.58. The first-order chi connectivity index (χ1) is 9.13. The van der Waals surface area contributed by atoms with Crippen LogP contribution in [0.25, 0.3) is 0 Å². The number of hydrogen-bond donors (Lipinski definition) is 2. The van der Waals surface area contributed by atoms with Crippen LogP contribution in [-0.2, 0) is 11.3 Å². The summed E-state index contributed by atoms with van der Waals surface area (Å²) in [4.78, 5) is 13.7. The Morgan fingerprint density at radius 2 is 2.42 bits per heavy atom. The van der Waals surface area contributed by atoms with Crippen LogP contribution in [0.15, 0.2) is 10.5 Å². The largest absolute Gasteiger partial charge is 0.456 e. The van der Waals surface area contributed by atoms with Crippen LogP contribution in [0.3, 0.4) is 0 Å². The second-order valence-corrected chi connectivity index (χ2v) is 4.80. The number of nitrogen functional groups attached to an aromatic ring is 1. The predicted octanol–water partition coefficient (Wildman–Crippen LogP) is 0.802. The van der Waals surface area contributed by atoms with E-state index in [2.05, 4.69) is 17.2 Å². The van der Waals surface area contributed by atoms with Gasteiger partial charge in [0.25, 0.3) is 0 Å². The molecule has 0 radical (unpaired) electrons. The number of rotatable bonds is 4. The quantitative estimate of drug-likeness (QED) is 0.479. The summed E-state index contributed by atoms with van der Waals surface area (Å²) in [5, 5.41) is 0. The number of amides is 1. The zero-order valence-corrected chi connectivity index (χ0v) is 11.4. The van der Waals surface area contributed by atoms with Gasteiger partial charge in [0, 0.05) is 25.2 Å². The van der Waals surface area contributed by atoms with E-state index in [9.17, 15) is 4.79 Å². The molecule has 1 aliphatic rings. The Morgan fingerprint density at radius 1 is 1.63 bits per heavy atom. The molecule has 19 heavy (non-hydrogen) atoms. The number of ether oxygens (including phenoxy) is 1. The summed E-state index contributed by atoms with van der Waals surface area (Å²) in [6.07, 6.45) is 1.31. The maximum absolute atomic E-state index is 11.4. The topological polar surface area (TPSA) is 80.7 Å². The van der Waals surface area contributed by atoms with Gasteiger partial charge in [-0.1, -0.05) is 6.92 Å². The maximum Gasteiger partial charge on any atom is 0.300 e. The van der Waals surface area contributed by atoms with Crippen LogP contribution >= 0.6 is 0 Å². The molecule has 2 heterocycles. The lowest BCUT2D eigenvalue weighted by molar-refractivity contribution is -0.0325. The van der Waals surface area contributed by atoms with E-state index in [0.717, 1.165) is 44.0 Å². The molecule has 0 bridgehead atoms. The number of morpholine rings is 1. The van der Waals surface area contributed by atoms with Gasteiger partial charge >= 0.3 is 5.91 Å². The van der Waals surface area contributed by atoms with E-state index in [1.165, 1.54) is 0 Å². The molecular weight excluding hydrogens is 246 g/mol. The van der Waals surface area contributed by atoms with E-state index >= 15 is 0 Å². The molecule has 1 aliphatic heterocycles. The Bertz CT molecular complexity index is 444. The average Bonchev–Trinajstić information content (AvgIpc) is 2.79. The lowest BCUT2D eigenvalue weighted by Crippen LogP contribution is -2.41. The molecule has 2 rings (SSSR count). The average molecular weight is 267 g/mol. The minimum absolute atomic E-state index is 0.260. The molecule has 0 saturated carbocycles. The molecule has 6 heteroatoms. The van der Waals surface area contributed by atoms with E-state index in [4.69, 9.17) is 15.0 Å². The Balaban J connectivity index is 2.02.